The molecule has 0 heterocycles. The Balaban J connectivity index is 2.81. The first-order chi connectivity index (χ1) is 5.24. The maximum absolute atomic E-state index is 9.41. The molecule has 0 aliphatic rings. The van der Waals surface area contributed by atoms with Crippen molar-refractivity contribution in [2.24, 2.45) is 0 Å². The smallest absolute Gasteiger partial charge is 0.0879 e. The number of halogens is 1. The first-order valence-electron chi connectivity index (χ1n) is 3.54. The van der Waals surface area contributed by atoms with Gasteiger partial charge in [-0.25, -0.2) is 0 Å². The van der Waals surface area contributed by atoms with Crippen LogP contribution in [0.15, 0.2) is 24.3 Å². The predicted molar refractivity (Wildman–Crippen MR) is 55.0 cm³/mol. The summed E-state index contributed by atoms with van der Waals surface area (Å²) in [6, 6.07) is 7.98. The maximum Gasteiger partial charge on any atom is 0.0879 e. The number of aliphatic hydroxyl groups excluding tert-OH is 1. The summed E-state index contributed by atoms with van der Waals surface area (Å²) < 4.78 is 0.751. The third-order valence-corrected chi connectivity index (χ3v) is 2.44. The van der Waals surface area contributed by atoms with Crippen LogP contribution in [0.3, 0.4) is 0 Å². The highest BCUT2D eigenvalue weighted by molar-refractivity contribution is 14.1. The molecule has 1 N–H and O–H groups in total. The molecule has 2 heteroatoms. The molecule has 1 aromatic carbocycles. The van der Waals surface area contributed by atoms with E-state index in [4.69, 9.17) is 0 Å². The van der Waals surface area contributed by atoms with E-state index >= 15 is 0 Å². The minimum atomic E-state index is -0.309. The second kappa shape index (κ2) is 4.07. The number of aliphatic hydroxyl groups is 1. The molecule has 0 saturated carbocycles. The van der Waals surface area contributed by atoms with E-state index in [0.717, 1.165) is 9.99 Å². The van der Waals surface area contributed by atoms with Gasteiger partial charge in [-0.3, -0.25) is 0 Å². The standard InChI is InChI=1S/C9H11IO/c1-7-2-4-8(5-3-7)9(11)6-10/h2-5,9,11H,6H2,1H3. The summed E-state index contributed by atoms with van der Waals surface area (Å²) in [6.45, 7) is 2.04. The van der Waals surface area contributed by atoms with Crippen LogP contribution in [0.5, 0.6) is 0 Å². The monoisotopic (exact) mass is 262 g/mol. The average molecular weight is 262 g/mol. The lowest BCUT2D eigenvalue weighted by Crippen LogP contribution is -1.97. The largest absolute Gasteiger partial charge is 0.388 e. The van der Waals surface area contributed by atoms with E-state index in [1.54, 1.807) is 0 Å². The first-order valence-corrected chi connectivity index (χ1v) is 5.07. The Kier molecular flexibility index (Phi) is 3.33. The molecule has 0 spiro atoms. The van der Waals surface area contributed by atoms with Crippen LogP contribution in [0.2, 0.25) is 0 Å². The molecular formula is C9H11IO. The third-order valence-electron chi connectivity index (χ3n) is 1.61. The van der Waals surface area contributed by atoms with Crippen LogP contribution < -0.4 is 0 Å². The van der Waals surface area contributed by atoms with E-state index in [9.17, 15) is 5.11 Å². The van der Waals surface area contributed by atoms with Crippen molar-refractivity contribution < 1.29 is 5.11 Å². The third kappa shape index (κ3) is 2.45. The van der Waals surface area contributed by atoms with Crippen LogP contribution in [0, 0.1) is 6.92 Å². The zero-order valence-corrected chi connectivity index (χ0v) is 8.58. The van der Waals surface area contributed by atoms with Gasteiger partial charge in [-0.1, -0.05) is 52.4 Å². The van der Waals surface area contributed by atoms with Crippen molar-refractivity contribution in [1.82, 2.24) is 0 Å². The van der Waals surface area contributed by atoms with Gasteiger partial charge in [0.2, 0.25) is 0 Å². The fraction of sp³-hybridized carbons (Fsp3) is 0.333. The lowest BCUT2D eigenvalue weighted by atomic mass is 10.1. The van der Waals surface area contributed by atoms with E-state index in [1.165, 1.54) is 5.56 Å². The second-order valence-electron chi connectivity index (χ2n) is 2.58. The minimum Gasteiger partial charge on any atom is -0.388 e. The van der Waals surface area contributed by atoms with Crippen LogP contribution in [-0.4, -0.2) is 9.53 Å². The molecule has 0 radical (unpaired) electrons. The van der Waals surface area contributed by atoms with Gasteiger partial charge in [-0.2, -0.15) is 0 Å². The van der Waals surface area contributed by atoms with Crippen molar-refractivity contribution in [3.05, 3.63) is 35.4 Å². The van der Waals surface area contributed by atoms with Crippen molar-refractivity contribution in [2.75, 3.05) is 4.43 Å². The molecular weight excluding hydrogens is 251 g/mol. The predicted octanol–water partition coefficient (Wildman–Crippen LogP) is 2.46. The minimum absolute atomic E-state index is 0.309. The molecule has 0 saturated heterocycles. The summed E-state index contributed by atoms with van der Waals surface area (Å²) in [5, 5.41) is 9.41. The zero-order valence-electron chi connectivity index (χ0n) is 6.42. The van der Waals surface area contributed by atoms with Crippen LogP contribution >= 0.6 is 22.6 Å². The van der Waals surface area contributed by atoms with Gasteiger partial charge in [0, 0.05) is 4.43 Å². The molecule has 11 heavy (non-hydrogen) atoms. The molecule has 1 rings (SSSR count). The maximum atomic E-state index is 9.41. The highest BCUT2D eigenvalue weighted by atomic mass is 127. The highest BCUT2D eigenvalue weighted by Crippen LogP contribution is 2.15. The molecule has 60 valence electrons. The van der Waals surface area contributed by atoms with Crippen molar-refractivity contribution in [3.63, 3.8) is 0 Å². The summed E-state index contributed by atoms with van der Waals surface area (Å²) in [7, 11) is 0. The van der Waals surface area contributed by atoms with E-state index in [0.29, 0.717) is 0 Å². The molecule has 1 atom stereocenters. The number of rotatable bonds is 2. The number of aryl methyl sites for hydroxylation is 1. The quantitative estimate of drug-likeness (QED) is 0.641. The molecule has 1 nitrogen and oxygen atoms in total. The Hall–Kier alpha value is -0.0900. The van der Waals surface area contributed by atoms with Gasteiger partial charge in [0.05, 0.1) is 6.10 Å². The molecule has 0 amide bonds. The Morgan fingerprint density at radius 2 is 1.91 bits per heavy atom. The van der Waals surface area contributed by atoms with Crippen molar-refractivity contribution in [1.29, 1.82) is 0 Å². The van der Waals surface area contributed by atoms with Gasteiger partial charge in [0.15, 0.2) is 0 Å². The van der Waals surface area contributed by atoms with E-state index in [1.807, 2.05) is 31.2 Å². The summed E-state index contributed by atoms with van der Waals surface area (Å²) in [4.78, 5) is 0. The van der Waals surface area contributed by atoms with Crippen LogP contribution in [0.4, 0.5) is 0 Å². The molecule has 1 aromatic rings. The fourth-order valence-electron chi connectivity index (χ4n) is 0.878. The summed E-state index contributed by atoms with van der Waals surface area (Å²) in [5.41, 5.74) is 2.24. The van der Waals surface area contributed by atoms with Gasteiger partial charge in [0.1, 0.15) is 0 Å². The van der Waals surface area contributed by atoms with Crippen molar-refractivity contribution in [2.45, 2.75) is 13.0 Å². The highest BCUT2D eigenvalue weighted by Gasteiger charge is 2.02. The topological polar surface area (TPSA) is 20.2 Å². The second-order valence-corrected chi connectivity index (χ2v) is 3.46. The van der Waals surface area contributed by atoms with Gasteiger partial charge >= 0.3 is 0 Å². The number of hydrogen-bond donors (Lipinski definition) is 1. The van der Waals surface area contributed by atoms with Crippen molar-refractivity contribution in [3.8, 4) is 0 Å². The van der Waals surface area contributed by atoms with E-state index in [-0.39, 0.29) is 6.10 Å². The summed E-state index contributed by atoms with van der Waals surface area (Å²) in [6.07, 6.45) is -0.309. The fourth-order valence-corrected chi connectivity index (χ4v) is 1.39. The summed E-state index contributed by atoms with van der Waals surface area (Å²) >= 11 is 2.18. The van der Waals surface area contributed by atoms with Gasteiger partial charge in [-0.15, -0.1) is 0 Å². The van der Waals surface area contributed by atoms with Gasteiger partial charge in [-0.05, 0) is 12.5 Å². The Morgan fingerprint density at radius 1 is 1.36 bits per heavy atom. The normalized spacial score (nSPS) is 13.0. The van der Waals surface area contributed by atoms with Crippen LogP contribution in [0.25, 0.3) is 0 Å². The first kappa shape index (κ1) is 9.00. The Bertz CT molecular complexity index is 218. The van der Waals surface area contributed by atoms with E-state index in [2.05, 4.69) is 22.6 Å². The van der Waals surface area contributed by atoms with Crippen molar-refractivity contribution >= 4 is 22.6 Å². The Morgan fingerprint density at radius 3 is 2.36 bits per heavy atom. The lowest BCUT2D eigenvalue weighted by molar-refractivity contribution is 0.207. The molecule has 0 bridgehead atoms. The molecule has 0 aliphatic heterocycles. The van der Waals surface area contributed by atoms with Gasteiger partial charge < -0.3 is 5.11 Å². The summed E-state index contributed by atoms with van der Waals surface area (Å²) in [5.74, 6) is 0. The zero-order chi connectivity index (χ0) is 8.27. The molecule has 0 fully saturated rings. The molecule has 0 aromatic heterocycles. The average Bonchev–Trinajstić information content (AvgIpc) is 2.05. The SMILES string of the molecule is Cc1ccc(C(O)CI)cc1. The van der Waals surface area contributed by atoms with Crippen LogP contribution in [-0.2, 0) is 0 Å². The molecule has 1 unspecified atom stereocenters. The van der Waals surface area contributed by atoms with Crippen LogP contribution in [0.1, 0.15) is 17.2 Å². The van der Waals surface area contributed by atoms with E-state index < -0.39 is 0 Å². The Labute approximate surface area is 80.6 Å². The lowest BCUT2D eigenvalue weighted by Gasteiger charge is -2.06. The molecule has 0 aliphatic carbocycles. The van der Waals surface area contributed by atoms with Gasteiger partial charge in [0.25, 0.3) is 0 Å². The number of hydrogen-bond acceptors (Lipinski definition) is 1. The number of alkyl halides is 1. The number of benzene rings is 1.